The molecule has 0 aliphatic rings. The summed E-state index contributed by atoms with van der Waals surface area (Å²) in [6.45, 7) is 0. The molecule has 0 saturated carbocycles. The lowest BCUT2D eigenvalue weighted by Gasteiger charge is -2.07. The third kappa shape index (κ3) is 3.73. The van der Waals surface area contributed by atoms with E-state index in [0.717, 1.165) is 0 Å². The van der Waals surface area contributed by atoms with Crippen LogP contribution in [0.2, 0.25) is 5.02 Å². The van der Waals surface area contributed by atoms with Gasteiger partial charge in [-0.05, 0) is 42.5 Å². The molecular formula is C14H12ClN3O2. The molecule has 0 bridgehead atoms. The van der Waals surface area contributed by atoms with Crippen molar-refractivity contribution in [2.24, 2.45) is 5.73 Å². The van der Waals surface area contributed by atoms with Crippen LogP contribution in [0, 0.1) is 0 Å². The summed E-state index contributed by atoms with van der Waals surface area (Å²) in [5.41, 5.74) is 6.53. The minimum Gasteiger partial charge on any atom is -0.351 e. The molecule has 0 heterocycles. The first-order valence-corrected chi connectivity index (χ1v) is 6.16. The second-order valence-electron chi connectivity index (χ2n) is 4.03. The van der Waals surface area contributed by atoms with E-state index < -0.39 is 6.03 Å². The summed E-state index contributed by atoms with van der Waals surface area (Å²) < 4.78 is 0. The van der Waals surface area contributed by atoms with E-state index in [4.69, 9.17) is 17.3 Å². The van der Waals surface area contributed by atoms with Crippen molar-refractivity contribution in [1.82, 2.24) is 0 Å². The van der Waals surface area contributed by atoms with Gasteiger partial charge in [-0.15, -0.1) is 0 Å². The number of hydrogen-bond acceptors (Lipinski definition) is 2. The Kier molecular flexibility index (Phi) is 4.22. The SMILES string of the molecule is NC(=O)Nc1cccc(C(=O)Nc2ccc(Cl)cc2)c1. The fourth-order valence-electron chi connectivity index (χ4n) is 1.62. The number of nitrogens with one attached hydrogen (secondary N) is 2. The van der Waals surface area contributed by atoms with E-state index in [0.29, 0.717) is 22.0 Å². The minimum atomic E-state index is -0.680. The zero-order valence-electron chi connectivity index (χ0n) is 10.4. The molecule has 0 unspecified atom stereocenters. The molecule has 0 spiro atoms. The average molecular weight is 290 g/mol. The predicted molar refractivity (Wildman–Crippen MR) is 79.1 cm³/mol. The normalized spacial score (nSPS) is 9.85. The molecule has 5 nitrogen and oxygen atoms in total. The third-order valence-electron chi connectivity index (χ3n) is 2.49. The number of hydrogen-bond donors (Lipinski definition) is 3. The summed E-state index contributed by atoms with van der Waals surface area (Å²) in [7, 11) is 0. The zero-order valence-corrected chi connectivity index (χ0v) is 11.1. The van der Waals surface area contributed by atoms with Crippen LogP contribution in [0.4, 0.5) is 16.2 Å². The van der Waals surface area contributed by atoms with Crippen molar-refractivity contribution in [2.45, 2.75) is 0 Å². The van der Waals surface area contributed by atoms with Crippen molar-refractivity contribution in [2.75, 3.05) is 10.6 Å². The van der Waals surface area contributed by atoms with Crippen LogP contribution < -0.4 is 16.4 Å². The molecule has 2 aromatic rings. The van der Waals surface area contributed by atoms with Crippen LogP contribution in [0.5, 0.6) is 0 Å². The smallest absolute Gasteiger partial charge is 0.316 e. The lowest BCUT2D eigenvalue weighted by molar-refractivity contribution is 0.102. The summed E-state index contributed by atoms with van der Waals surface area (Å²) in [5.74, 6) is -0.291. The molecule has 102 valence electrons. The number of anilines is 2. The van der Waals surface area contributed by atoms with Crippen LogP contribution in [-0.2, 0) is 0 Å². The number of rotatable bonds is 3. The van der Waals surface area contributed by atoms with E-state index in [-0.39, 0.29) is 5.91 Å². The molecule has 0 aliphatic heterocycles. The topological polar surface area (TPSA) is 84.2 Å². The van der Waals surface area contributed by atoms with E-state index in [1.165, 1.54) is 6.07 Å². The molecule has 3 amide bonds. The molecule has 0 saturated heterocycles. The van der Waals surface area contributed by atoms with E-state index in [2.05, 4.69) is 10.6 Å². The van der Waals surface area contributed by atoms with Crippen molar-refractivity contribution in [3.05, 3.63) is 59.1 Å². The Bertz CT molecular complexity index is 641. The second-order valence-corrected chi connectivity index (χ2v) is 4.47. The van der Waals surface area contributed by atoms with Gasteiger partial charge in [0, 0.05) is 22.0 Å². The first kappa shape index (κ1) is 13.9. The predicted octanol–water partition coefficient (Wildman–Crippen LogP) is 3.08. The number of halogens is 1. The molecule has 2 rings (SSSR count). The first-order chi connectivity index (χ1) is 9.54. The maximum atomic E-state index is 12.0. The molecule has 0 fully saturated rings. The van der Waals surface area contributed by atoms with Gasteiger partial charge in [0.1, 0.15) is 0 Å². The molecule has 2 aromatic carbocycles. The highest BCUT2D eigenvalue weighted by molar-refractivity contribution is 6.30. The average Bonchev–Trinajstić information content (AvgIpc) is 2.41. The standard InChI is InChI=1S/C14H12ClN3O2/c15-10-4-6-11(7-5-10)17-13(19)9-2-1-3-12(8-9)18-14(16)20/h1-8H,(H,17,19)(H3,16,18,20). The first-order valence-electron chi connectivity index (χ1n) is 5.78. The Morgan fingerprint density at radius 1 is 0.950 bits per heavy atom. The summed E-state index contributed by atoms with van der Waals surface area (Å²) in [6.07, 6.45) is 0. The Balaban J connectivity index is 2.12. The van der Waals surface area contributed by atoms with Crippen LogP contribution in [0.1, 0.15) is 10.4 Å². The van der Waals surface area contributed by atoms with Gasteiger partial charge in [-0.3, -0.25) is 4.79 Å². The lowest BCUT2D eigenvalue weighted by atomic mass is 10.2. The Hall–Kier alpha value is -2.53. The third-order valence-corrected chi connectivity index (χ3v) is 2.75. The van der Waals surface area contributed by atoms with Crippen molar-refractivity contribution in [3.8, 4) is 0 Å². The summed E-state index contributed by atoms with van der Waals surface area (Å²) in [4.78, 5) is 22.8. The van der Waals surface area contributed by atoms with Gasteiger partial charge < -0.3 is 16.4 Å². The number of amides is 3. The largest absolute Gasteiger partial charge is 0.351 e. The Morgan fingerprint density at radius 3 is 2.30 bits per heavy atom. The van der Waals surface area contributed by atoms with E-state index in [1.807, 2.05) is 0 Å². The van der Waals surface area contributed by atoms with Gasteiger partial charge in [0.2, 0.25) is 0 Å². The van der Waals surface area contributed by atoms with Crippen LogP contribution in [0.15, 0.2) is 48.5 Å². The summed E-state index contributed by atoms with van der Waals surface area (Å²) >= 11 is 5.77. The van der Waals surface area contributed by atoms with E-state index in [9.17, 15) is 9.59 Å². The molecule has 0 radical (unpaired) electrons. The molecule has 0 atom stereocenters. The maximum absolute atomic E-state index is 12.0. The van der Waals surface area contributed by atoms with Gasteiger partial charge in [0.15, 0.2) is 0 Å². The Morgan fingerprint density at radius 2 is 1.65 bits per heavy atom. The Labute approximate surface area is 120 Å². The van der Waals surface area contributed by atoms with Gasteiger partial charge in [-0.1, -0.05) is 17.7 Å². The quantitative estimate of drug-likeness (QED) is 0.811. The molecule has 6 heteroatoms. The summed E-state index contributed by atoms with van der Waals surface area (Å²) in [5, 5.41) is 5.73. The lowest BCUT2D eigenvalue weighted by Crippen LogP contribution is -2.19. The maximum Gasteiger partial charge on any atom is 0.316 e. The fourth-order valence-corrected chi connectivity index (χ4v) is 1.74. The number of urea groups is 1. The summed E-state index contributed by atoms with van der Waals surface area (Å²) in [6, 6.07) is 12.6. The number of carbonyl (C=O) groups is 2. The second kappa shape index (κ2) is 6.08. The van der Waals surface area contributed by atoms with Crippen LogP contribution in [-0.4, -0.2) is 11.9 Å². The van der Waals surface area contributed by atoms with Crippen molar-refractivity contribution in [1.29, 1.82) is 0 Å². The molecule has 20 heavy (non-hydrogen) atoms. The van der Waals surface area contributed by atoms with Crippen molar-refractivity contribution < 1.29 is 9.59 Å². The van der Waals surface area contributed by atoms with Gasteiger partial charge >= 0.3 is 6.03 Å². The highest BCUT2D eigenvalue weighted by atomic mass is 35.5. The van der Waals surface area contributed by atoms with Gasteiger partial charge in [-0.2, -0.15) is 0 Å². The van der Waals surface area contributed by atoms with E-state index >= 15 is 0 Å². The molecular weight excluding hydrogens is 278 g/mol. The minimum absolute atomic E-state index is 0.291. The number of benzene rings is 2. The van der Waals surface area contributed by atoms with Crippen molar-refractivity contribution >= 4 is 34.9 Å². The number of primary amides is 1. The van der Waals surface area contributed by atoms with Gasteiger partial charge in [-0.25, -0.2) is 4.79 Å². The molecule has 0 aliphatic carbocycles. The number of nitrogens with two attached hydrogens (primary N) is 1. The zero-order chi connectivity index (χ0) is 14.5. The monoisotopic (exact) mass is 289 g/mol. The molecule has 4 N–H and O–H groups in total. The number of carbonyl (C=O) groups excluding carboxylic acids is 2. The fraction of sp³-hybridized carbons (Fsp3) is 0. The van der Waals surface area contributed by atoms with Crippen molar-refractivity contribution in [3.63, 3.8) is 0 Å². The van der Waals surface area contributed by atoms with E-state index in [1.54, 1.807) is 42.5 Å². The van der Waals surface area contributed by atoms with Crippen LogP contribution in [0.3, 0.4) is 0 Å². The van der Waals surface area contributed by atoms with Gasteiger partial charge in [0.05, 0.1) is 0 Å². The highest BCUT2D eigenvalue weighted by Crippen LogP contribution is 2.16. The van der Waals surface area contributed by atoms with Gasteiger partial charge in [0.25, 0.3) is 5.91 Å². The van der Waals surface area contributed by atoms with Crippen LogP contribution >= 0.6 is 11.6 Å². The highest BCUT2D eigenvalue weighted by Gasteiger charge is 2.07. The van der Waals surface area contributed by atoms with Crippen LogP contribution in [0.25, 0.3) is 0 Å². The molecule has 0 aromatic heterocycles.